The Kier molecular flexibility index (Phi) is 7.35. The van der Waals surface area contributed by atoms with Gasteiger partial charge in [0.15, 0.2) is 0 Å². The molecule has 1 heterocycles. The fourth-order valence-electron chi connectivity index (χ4n) is 3.58. The van der Waals surface area contributed by atoms with E-state index in [0.717, 1.165) is 16.8 Å². The Morgan fingerprint density at radius 3 is 2.50 bits per heavy atom. The Morgan fingerprint density at radius 1 is 1.16 bits per heavy atom. The van der Waals surface area contributed by atoms with Crippen LogP contribution >= 0.6 is 0 Å². The lowest BCUT2D eigenvalue weighted by atomic mass is 9.98. The molecule has 8 nitrogen and oxygen atoms in total. The number of hydrazone groups is 1. The Labute approximate surface area is 188 Å². The van der Waals surface area contributed by atoms with Crippen LogP contribution in [0, 0.1) is 0 Å². The first-order chi connectivity index (χ1) is 15.3. The van der Waals surface area contributed by atoms with Crippen molar-refractivity contribution >= 4 is 17.6 Å². The molecule has 1 aliphatic heterocycles. The topological polar surface area (TPSA) is 83.5 Å². The molecule has 0 radical (unpaired) electrons. The number of carbonyl (C=O) groups is 2. The summed E-state index contributed by atoms with van der Waals surface area (Å²) in [5.41, 5.74) is 2.51. The summed E-state index contributed by atoms with van der Waals surface area (Å²) in [5, 5.41) is 8.95. The van der Waals surface area contributed by atoms with Gasteiger partial charge in [0.1, 0.15) is 18.0 Å². The van der Waals surface area contributed by atoms with Crippen LogP contribution in [0.2, 0.25) is 0 Å². The van der Waals surface area contributed by atoms with Gasteiger partial charge in [-0.05, 0) is 31.5 Å². The van der Waals surface area contributed by atoms with Gasteiger partial charge in [-0.25, -0.2) is 9.80 Å². The predicted octanol–water partition coefficient (Wildman–Crippen LogP) is 3.43. The van der Waals surface area contributed by atoms with E-state index in [2.05, 4.69) is 10.4 Å². The van der Waals surface area contributed by atoms with Crippen LogP contribution in [-0.4, -0.2) is 61.4 Å². The highest BCUT2D eigenvalue weighted by Gasteiger charge is 2.34. The number of likely N-dealkylation sites (N-methyl/N-ethyl adjacent to an activating group) is 1. The number of urea groups is 1. The number of nitrogens with one attached hydrogen (secondary N) is 1. The van der Waals surface area contributed by atoms with Crippen molar-refractivity contribution in [1.29, 1.82) is 0 Å². The number of hydrogen-bond acceptors (Lipinski definition) is 5. The highest BCUT2D eigenvalue weighted by atomic mass is 16.5. The summed E-state index contributed by atoms with van der Waals surface area (Å²) < 4.78 is 10.8. The van der Waals surface area contributed by atoms with Crippen LogP contribution in [0.1, 0.15) is 37.4 Å². The zero-order valence-electron chi connectivity index (χ0n) is 19.2. The van der Waals surface area contributed by atoms with Crippen molar-refractivity contribution in [2.24, 2.45) is 5.10 Å². The van der Waals surface area contributed by atoms with Gasteiger partial charge in [0.25, 0.3) is 5.91 Å². The second-order valence-electron chi connectivity index (χ2n) is 7.94. The molecule has 3 rings (SSSR count). The monoisotopic (exact) mass is 438 g/mol. The minimum atomic E-state index is -0.301. The van der Waals surface area contributed by atoms with Crippen molar-refractivity contribution < 1.29 is 19.1 Å². The van der Waals surface area contributed by atoms with Crippen LogP contribution in [-0.2, 0) is 4.79 Å². The van der Waals surface area contributed by atoms with Crippen molar-refractivity contribution in [3.05, 3.63) is 59.7 Å². The van der Waals surface area contributed by atoms with Crippen LogP contribution in [0.15, 0.2) is 53.6 Å². The lowest BCUT2D eigenvalue weighted by molar-refractivity contribution is -0.133. The van der Waals surface area contributed by atoms with Crippen LogP contribution < -0.4 is 14.8 Å². The van der Waals surface area contributed by atoms with Crippen molar-refractivity contribution in [3.8, 4) is 11.5 Å². The van der Waals surface area contributed by atoms with Gasteiger partial charge >= 0.3 is 6.03 Å². The molecule has 2 aromatic rings. The smallest absolute Gasteiger partial charge is 0.317 e. The van der Waals surface area contributed by atoms with Crippen molar-refractivity contribution in [1.82, 2.24) is 15.2 Å². The normalized spacial score (nSPS) is 15.4. The molecule has 0 aliphatic carbocycles. The predicted molar refractivity (Wildman–Crippen MR) is 123 cm³/mol. The van der Waals surface area contributed by atoms with Crippen LogP contribution in [0.5, 0.6) is 11.5 Å². The molecule has 170 valence electrons. The van der Waals surface area contributed by atoms with E-state index in [-0.39, 0.29) is 30.6 Å². The third-order valence-electron chi connectivity index (χ3n) is 5.20. The number of rotatable bonds is 7. The number of ether oxygens (including phenoxy) is 2. The first-order valence-corrected chi connectivity index (χ1v) is 10.5. The maximum atomic E-state index is 13.2. The van der Waals surface area contributed by atoms with E-state index in [1.807, 2.05) is 56.3 Å². The standard InChI is InChI=1S/C24H30N4O4/c1-16(2)25-24(30)27(3)15-23(29)28-21(17-9-7-6-8-10-17)14-20(26-28)19-12-11-18(31-4)13-22(19)32-5/h6-13,16,21H,14-15H2,1-5H3,(H,25,30)/t21-/m0/s1. The molecule has 1 atom stereocenters. The van der Waals surface area contributed by atoms with Crippen molar-refractivity contribution in [2.75, 3.05) is 27.8 Å². The number of hydrogen-bond donors (Lipinski definition) is 1. The van der Waals surface area contributed by atoms with Gasteiger partial charge < -0.3 is 19.7 Å². The first kappa shape index (κ1) is 23.1. The molecule has 1 N–H and O–H groups in total. The Hall–Kier alpha value is -3.55. The third-order valence-corrected chi connectivity index (χ3v) is 5.20. The maximum Gasteiger partial charge on any atom is 0.317 e. The molecule has 0 saturated carbocycles. The van der Waals surface area contributed by atoms with E-state index in [9.17, 15) is 9.59 Å². The van der Waals surface area contributed by atoms with E-state index in [1.54, 1.807) is 27.3 Å². The molecule has 0 bridgehead atoms. The lowest BCUT2D eigenvalue weighted by Gasteiger charge is -2.25. The average Bonchev–Trinajstić information content (AvgIpc) is 3.24. The van der Waals surface area contributed by atoms with Crippen molar-refractivity contribution in [2.45, 2.75) is 32.4 Å². The molecule has 0 saturated heterocycles. The quantitative estimate of drug-likeness (QED) is 0.718. The summed E-state index contributed by atoms with van der Waals surface area (Å²) in [6.45, 7) is 3.66. The summed E-state index contributed by atoms with van der Waals surface area (Å²) >= 11 is 0. The summed E-state index contributed by atoms with van der Waals surface area (Å²) in [6, 6.07) is 14.7. The number of amides is 3. The molecule has 3 amide bonds. The summed E-state index contributed by atoms with van der Waals surface area (Å²) in [6.07, 6.45) is 0.528. The van der Waals surface area contributed by atoms with Crippen LogP contribution in [0.3, 0.4) is 0 Å². The van der Waals surface area contributed by atoms with Gasteiger partial charge in [-0.2, -0.15) is 5.10 Å². The second kappa shape index (κ2) is 10.2. The second-order valence-corrected chi connectivity index (χ2v) is 7.94. The third kappa shape index (κ3) is 5.19. The molecule has 0 fully saturated rings. The Bertz CT molecular complexity index is 991. The molecule has 0 spiro atoms. The minimum absolute atomic E-state index is 0.0175. The SMILES string of the molecule is COc1ccc(C2=NN(C(=O)CN(C)C(=O)NC(C)C)[C@H](c3ccccc3)C2)c(OC)c1. The average molecular weight is 439 g/mol. The largest absolute Gasteiger partial charge is 0.497 e. The lowest BCUT2D eigenvalue weighted by Crippen LogP contribution is -2.45. The maximum absolute atomic E-state index is 13.2. The van der Waals surface area contributed by atoms with Gasteiger partial charge in [-0.3, -0.25) is 4.79 Å². The highest BCUT2D eigenvalue weighted by molar-refractivity contribution is 6.05. The number of benzene rings is 2. The first-order valence-electron chi connectivity index (χ1n) is 10.5. The van der Waals surface area contributed by atoms with E-state index < -0.39 is 0 Å². The van der Waals surface area contributed by atoms with Gasteiger partial charge in [0.2, 0.25) is 0 Å². The summed E-state index contributed by atoms with van der Waals surface area (Å²) in [5.74, 6) is 1.04. The molecular formula is C24H30N4O4. The van der Waals surface area contributed by atoms with E-state index in [4.69, 9.17) is 9.47 Å². The number of methoxy groups -OCH3 is 2. The van der Waals surface area contributed by atoms with Gasteiger partial charge in [0.05, 0.1) is 26.0 Å². The van der Waals surface area contributed by atoms with Crippen molar-refractivity contribution in [3.63, 3.8) is 0 Å². The Morgan fingerprint density at radius 2 is 1.88 bits per heavy atom. The van der Waals surface area contributed by atoms with E-state index in [0.29, 0.717) is 17.9 Å². The fourth-order valence-corrected chi connectivity index (χ4v) is 3.58. The minimum Gasteiger partial charge on any atom is -0.497 e. The molecule has 1 aliphatic rings. The molecule has 8 heteroatoms. The van der Waals surface area contributed by atoms with Gasteiger partial charge in [-0.1, -0.05) is 30.3 Å². The molecule has 0 aromatic heterocycles. The molecule has 0 unspecified atom stereocenters. The van der Waals surface area contributed by atoms with Gasteiger partial charge in [-0.15, -0.1) is 0 Å². The highest BCUT2D eigenvalue weighted by Crippen LogP contribution is 2.36. The van der Waals surface area contributed by atoms with Gasteiger partial charge in [0, 0.05) is 31.1 Å². The number of nitrogens with zero attached hydrogens (tertiary/aromatic N) is 3. The fraction of sp³-hybridized carbons (Fsp3) is 0.375. The van der Waals surface area contributed by atoms with E-state index >= 15 is 0 Å². The van der Waals surface area contributed by atoms with Crippen LogP contribution in [0.4, 0.5) is 4.79 Å². The zero-order valence-corrected chi connectivity index (χ0v) is 19.2. The number of carbonyl (C=O) groups excluding carboxylic acids is 2. The molecular weight excluding hydrogens is 408 g/mol. The summed E-state index contributed by atoms with van der Waals surface area (Å²) in [7, 11) is 4.79. The van der Waals surface area contributed by atoms with E-state index in [1.165, 1.54) is 9.91 Å². The zero-order chi connectivity index (χ0) is 23.3. The summed E-state index contributed by atoms with van der Waals surface area (Å²) in [4.78, 5) is 26.8. The molecule has 2 aromatic carbocycles. The molecule has 32 heavy (non-hydrogen) atoms. The van der Waals surface area contributed by atoms with Crippen LogP contribution in [0.25, 0.3) is 0 Å². The Balaban J connectivity index is 1.90.